The summed E-state index contributed by atoms with van der Waals surface area (Å²) in [5.74, 6) is 0.233. The Balaban J connectivity index is 2.02. The molecule has 0 spiro atoms. The van der Waals surface area contributed by atoms with Crippen LogP contribution in [0.25, 0.3) is 0 Å². The lowest BCUT2D eigenvalue weighted by Gasteiger charge is -2.05. The Labute approximate surface area is 126 Å². The van der Waals surface area contributed by atoms with Crippen molar-refractivity contribution in [2.75, 3.05) is 7.11 Å². The number of hydrogen-bond acceptors (Lipinski definition) is 5. The van der Waals surface area contributed by atoms with Gasteiger partial charge in [-0.2, -0.15) is 0 Å². The van der Waals surface area contributed by atoms with Crippen LogP contribution in [0.5, 0.6) is 5.75 Å². The third kappa shape index (κ3) is 4.03. The lowest BCUT2D eigenvalue weighted by atomic mass is 10.2. The normalized spacial score (nSPS) is 11.0. The fraction of sp³-hybridized carbons (Fsp3) is 0.125. The molecule has 2 rings (SSSR count). The number of carbonyl (C=O) groups is 2. The van der Waals surface area contributed by atoms with Gasteiger partial charge in [-0.1, -0.05) is 6.07 Å². The van der Waals surface area contributed by atoms with Crippen molar-refractivity contribution in [3.8, 4) is 5.75 Å². The predicted octanol–water partition coefficient (Wildman–Crippen LogP) is 3.70. The predicted molar refractivity (Wildman–Crippen MR) is 80.8 cm³/mol. The first-order valence-corrected chi connectivity index (χ1v) is 7.10. The van der Waals surface area contributed by atoms with Gasteiger partial charge in [0.2, 0.25) is 0 Å². The van der Waals surface area contributed by atoms with Gasteiger partial charge in [0.15, 0.2) is 5.78 Å². The van der Waals surface area contributed by atoms with Crippen molar-refractivity contribution in [3.63, 3.8) is 0 Å². The van der Waals surface area contributed by atoms with Crippen molar-refractivity contribution >= 4 is 23.1 Å². The van der Waals surface area contributed by atoms with E-state index in [1.54, 1.807) is 50.4 Å². The summed E-state index contributed by atoms with van der Waals surface area (Å²) in [5, 5.41) is 1.82. The largest absolute Gasteiger partial charge is 0.497 e. The Morgan fingerprint density at radius 1 is 1.14 bits per heavy atom. The van der Waals surface area contributed by atoms with Crippen LogP contribution in [0.2, 0.25) is 0 Å². The van der Waals surface area contributed by atoms with Gasteiger partial charge in [-0.15, -0.1) is 11.3 Å². The number of thiophene rings is 1. The highest BCUT2D eigenvalue weighted by atomic mass is 32.1. The molecule has 0 N–H and O–H groups in total. The zero-order chi connectivity index (χ0) is 15.2. The number of esters is 1. The summed E-state index contributed by atoms with van der Waals surface area (Å²) in [6, 6.07) is 10.1. The molecule has 5 heteroatoms. The highest BCUT2D eigenvalue weighted by Gasteiger charge is 2.10. The van der Waals surface area contributed by atoms with Crippen molar-refractivity contribution in [3.05, 3.63) is 64.1 Å². The SMILES string of the molecule is COc1ccc(C(=O)OC(C)=CC(=O)c2cccs2)cc1. The molecule has 0 aliphatic rings. The maximum atomic E-state index is 11.9. The molecule has 0 aliphatic carbocycles. The molecule has 4 nitrogen and oxygen atoms in total. The Morgan fingerprint density at radius 2 is 1.86 bits per heavy atom. The van der Waals surface area contributed by atoms with Gasteiger partial charge in [-0.05, 0) is 42.6 Å². The molecular weight excluding hydrogens is 288 g/mol. The third-order valence-corrected chi connectivity index (χ3v) is 3.56. The van der Waals surface area contributed by atoms with E-state index >= 15 is 0 Å². The number of methoxy groups -OCH3 is 1. The molecule has 0 unspecified atom stereocenters. The van der Waals surface area contributed by atoms with Crippen molar-refractivity contribution in [2.24, 2.45) is 0 Å². The summed E-state index contributed by atoms with van der Waals surface area (Å²) < 4.78 is 10.2. The van der Waals surface area contributed by atoms with Crippen LogP contribution < -0.4 is 4.74 Å². The Hall–Kier alpha value is -2.40. The molecule has 0 bridgehead atoms. The van der Waals surface area contributed by atoms with Gasteiger partial charge in [0, 0.05) is 6.08 Å². The van der Waals surface area contributed by atoms with Crippen LogP contribution in [0.4, 0.5) is 0 Å². The summed E-state index contributed by atoms with van der Waals surface area (Å²) in [6.45, 7) is 1.58. The van der Waals surface area contributed by atoms with Crippen molar-refractivity contribution in [1.29, 1.82) is 0 Å². The zero-order valence-corrected chi connectivity index (χ0v) is 12.5. The third-order valence-electron chi connectivity index (χ3n) is 2.68. The fourth-order valence-electron chi connectivity index (χ4n) is 1.64. The molecular formula is C16H14O4S. The van der Waals surface area contributed by atoms with Crippen LogP contribution in [-0.2, 0) is 4.74 Å². The molecule has 21 heavy (non-hydrogen) atoms. The molecule has 0 amide bonds. The zero-order valence-electron chi connectivity index (χ0n) is 11.7. The molecule has 1 heterocycles. The maximum absolute atomic E-state index is 11.9. The van der Waals surface area contributed by atoms with Crippen LogP contribution in [0.3, 0.4) is 0 Å². The first-order chi connectivity index (χ1) is 10.1. The lowest BCUT2D eigenvalue weighted by molar-refractivity contribution is 0.0625. The molecule has 108 valence electrons. The van der Waals surface area contributed by atoms with Gasteiger partial charge in [-0.25, -0.2) is 4.79 Å². The standard InChI is InChI=1S/C16H14O4S/c1-11(10-14(17)15-4-3-9-21-15)20-16(18)12-5-7-13(19-2)8-6-12/h3-10H,1-2H3. The molecule has 0 saturated carbocycles. The number of allylic oxidation sites excluding steroid dienone is 2. The van der Waals surface area contributed by atoms with Gasteiger partial charge in [-0.3, -0.25) is 4.79 Å². The second-order valence-corrected chi connectivity index (χ2v) is 5.16. The molecule has 0 fully saturated rings. The molecule has 1 aromatic heterocycles. The molecule has 0 saturated heterocycles. The van der Waals surface area contributed by atoms with Gasteiger partial charge in [0.1, 0.15) is 11.5 Å². The van der Waals surface area contributed by atoms with E-state index < -0.39 is 5.97 Å². The molecule has 0 aliphatic heterocycles. The van der Waals surface area contributed by atoms with Crippen LogP contribution >= 0.6 is 11.3 Å². The van der Waals surface area contributed by atoms with Gasteiger partial charge < -0.3 is 9.47 Å². The van der Waals surface area contributed by atoms with Crippen molar-refractivity contribution < 1.29 is 19.1 Å². The highest BCUT2D eigenvalue weighted by molar-refractivity contribution is 7.12. The van der Waals surface area contributed by atoms with Crippen LogP contribution in [0, 0.1) is 0 Å². The van der Waals surface area contributed by atoms with E-state index in [2.05, 4.69) is 0 Å². The summed E-state index contributed by atoms with van der Waals surface area (Å²) in [7, 11) is 1.55. The molecule has 2 aromatic rings. The Bertz CT molecular complexity index is 654. The number of rotatable bonds is 5. The van der Waals surface area contributed by atoms with E-state index in [1.807, 2.05) is 5.38 Å². The lowest BCUT2D eigenvalue weighted by Crippen LogP contribution is -2.05. The van der Waals surface area contributed by atoms with Gasteiger partial charge in [0.05, 0.1) is 17.6 Å². The van der Waals surface area contributed by atoms with Gasteiger partial charge >= 0.3 is 5.97 Å². The Morgan fingerprint density at radius 3 is 2.43 bits per heavy atom. The fourth-order valence-corrected chi connectivity index (χ4v) is 2.27. The van der Waals surface area contributed by atoms with E-state index in [0.29, 0.717) is 16.2 Å². The van der Waals surface area contributed by atoms with E-state index in [1.165, 1.54) is 17.4 Å². The average Bonchev–Trinajstić information content (AvgIpc) is 3.01. The minimum atomic E-state index is -0.509. The summed E-state index contributed by atoms with van der Waals surface area (Å²) in [6.07, 6.45) is 1.31. The van der Waals surface area contributed by atoms with E-state index in [9.17, 15) is 9.59 Å². The van der Waals surface area contributed by atoms with E-state index in [0.717, 1.165) is 0 Å². The molecule has 0 radical (unpaired) electrons. The minimum Gasteiger partial charge on any atom is -0.497 e. The second-order valence-electron chi connectivity index (χ2n) is 4.21. The Kier molecular flexibility index (Phi) is 4.90. The van der Waals surface area contributed by atoms with Crippen molar-refractivity contribution in [1.82, 2.24) is 0 Å². The number of ketones is 1. The maximum Gasteiger partial charge on any atom is 0.343 e. The quantitative estimate of drug-likeness (QED) is 0.366. The number of hydrogen-bond donors (Lipinski definition) is 0. The number of benzene rings is 1. The second kappa shape index (κ2) is 6.85. The van der Waals surface area contributed by atoms with Crippen LogP contribution in [-0.4, -0.2) is 18.9 Å². The first-order valence-electron chi connectivity index (χ1n) is 6.22. The highest BCUT2D eigenvalue weighted by Crippen LogP contribution is 2.15. The van der Waals surface area contributed by atoms with Crippen LogP contribution in [0.1, 0.15) is 27.0 Å². The van der Waals surface area contributed by atoms with Crippen LogP contribution in [0.15, 0.2) is 53.6 Å². The summed E-state index contributed by atoms with van der Waals surface area (Å²) >= 11 is 1.34. The van der Waals surface area contributed by atoms with E-state index in [4.69, 9.17) is 9.47 Å². The molecule has 0 atom stereocenters. The number of carbonyl (C=O) groups excluding carboxylic acids is 2. The van der Waals surface area contributed by atoms with Crippen molar-refractivity contribution in [2.45, 2.75) is 6.92 Å². The summed E-state index contributed by atoms with van der Waals surface area (Å²) in [4.78, 5) is 24.4. The molecule has 1 aromatic carbocycles. The van der Waals surface area contributed by atoms with Gasteiger partial charge in [0.25, 0.3) is 0 Å². The average molecular weight is 302 g/mol. The number of ether oxygens (including phenoxy) is 2. The summed E-state index contributed by atoms with van der Waals surface area (Å²) in [5.41, 5.74) is 0.395. The van der Waals surface area contributed by atoms with E-state index in [-0.39, 0.29) is 11.5 Å². The topological polar surface area (TPSA) is 52.6 Å². The minimum absolute atomic E-state index is 0.176. The smallest absolute Gasteiger partial charge is 0.343 e. The monoisotopic (exact) mass is 302 g/mol. The first kappa shape index (κ1) is 15.0.